The summed E-state index contributed by atoms with van der Waals surface area (Å²) in [5.74, 6) is 1.29. The smallest absolute Gasteiger partial charge is 0.137 e. The van der Waals surface area contributed by atoms with Crippen LogP contribution in [0.4, 0.5) is 0 Å². The first-order chi connectivity index (χ1) is 6.96. The molecule has 0 bridgehead atoms. The molecule has 0 aromatic rings. The number of carbonyl (C=O) groups excluding carboxylic acids is 1. The van der Waals surface area contributed by atoms with Crippen molar-refractivity contribution >= 4 is 5.78 Å². The number of allylic oxidation sites excluding steroid dienone is 2. The van der Waals surface area contributed by atoms with Crippen molar-refractivity contribution in [2.45, 2.75) is 53.4 Å². The molecule has 0 unspecified atom stereocenters. The summed E-state index contributed by atoms with van der Waals surface area (Å²) in [4.78, 5) is 12.1. The molecule has 3 atom stereocenters. The molecule has 0 aliphatic heterocycles. The van der Waals surface area contributed by atoms with Gasteiger partial charge in [0, 0.05) is 12.3 Å². The van der Waals surface area contributed by atoms with Crippen LogP contribution >= 0.6 is 0 Å². The van der Waals surface area contributed by atoms with Crippen LogP contribution in [0.5, 0.6) is 0 Å². The van der Waals surface area contributed by atoms with E-state index in [0.717, 1.165) is 19.3 Å². The second kappa shape index (κ2) is 3.47. The normalized spacial score (nSPS) is 41.7. The van der Waals surface area contributed by atoms with Crippen molar-refractivity contribution in [3.63, 3.8) is 0 Å². The summed E-state index contributed by atoms with van der Waals surface area (Å²) < 4.78 is 0. The monoisotopic (exact) mass is 206 g/mol. The van der Waals surface area contributed by atoms with Gasteiger partial charge >= 0.3 is 0 Å². The van der Waals surface area contributed by atoms with Crippen LogP contribution in [0.25, 0.3) is 0 Å². The molecule has 2 aliphatic rings. The highest BCUT2D eigenvalue weighted by atomic mass is 16.1. The maximum atomic E-state index is 12.1. The van der Waals surface area contributed by atoms with E-state index in [1.165, 1.54) is 17.6 Å². The maximum Gasteiger partial charge on any atom is 0.137 e. The third-order valence-corrected chi connectivity index (χ3v) is 4.79. The van der Waals surface area contributed by atoms with Gasteiger partial charge < -0.3 is 0 Å². The van der Waals surface area contributed by atoms with Crippen LogP contribution in [0.3, 0.4) is 0 Å². The first-order valence-electron chi connectivity index (χ1n) is 6.15. The molecule has 0 N–H and O–H groups in total. The Hall–Kier alpha value is -0.590. The number of hydrogen-bond donors (Lipinski definition) is 0. The fraction of sp³-hybridized carbons (Fsp3) is 0.786. The molecule has 1 saturated carbocycles. The summed E-state index contributed by atoms with van der Waals surface area (Å²) in [6, 6.07) is 0. The molecule has 0 heterocycles. The van der Waals surface area contributed by atoms with Crippen LogP contribution in [0, 0.1) is 17.3 Å². The van der Waals surface area contributed by atoms with Crippen molar-refractivity contribution in [1.29, 1.82) is 0 Å². The van der Waals surface area contributed by atoms with E-state index in [1.54, 1.807) is 0 Å². The molecule has 1 nitrogen and oxygen atoms in total. The quantitative estimate of drug-likeness (QED) is 0.552. The number of rotatable bonds is 0. The van der Waals surface area contributed by atoms with Crippen molar-refractivity contribution in [3.8, 4) is 0 Å². The van der Waals surface area contributed by atoms with Crippen LogP contribution < -0.4 is 0 Å². The van der Waals surface area contributed by atoms with Gasteiger partial charge in [0.25, 0.3) is 0 Å². The lowest BCUT2D eigenvalue weighted by Crippen LogP contribution is -2.44. The Balaban J connectivity index is 2.41. The minimum atomic E-state index is 0.262. The van der Waals surface area contributed by atoms with Crippen molar-refractivity contribution < 1.29 is 4.79 Å². The summed E-state index contributed by atoms with van der Waals surface area (Å²) in [6.45, 7) is 9.01. The third kappa shape index (κ3) is 1.56. The van der Waals surface area contributed by atoms with E-state index < -0.39 is 0 Å². The first kappa shape index (κ1) is 10.9. The zero-order valence-electron chi connectivity index (χ0n) is 10.4. The van der Waals surface area contributed by atoms with E-state index in [4.69, 9.17) is 0 Å². The summed E-state index contributed by atoms with van der Waals surface area (Å²) >= 11 is 0. The van der Waals surface area contributed by atoms with Gasteiger partial charge in [-0.3, -0.25) is 4.79 Å². The number of hydrogen-bond acceptors (Lipinski definition) is 1. The Bertz CT molecular complexity index is 326. The Morgan fingerprint density at radius 2 is 2.00 bits per heavy atom. The topological polar surface area (TPSA) is 17.1 Å². The fourth-order valence-corrected chi connectivity index (χ4v) is 3.83. The largest absolute Gasteiger partial charge is 0.299 e. The van der Waals surface area contributed by atoms with Gasteiger partial charge in [-0.2, -0.15) is 0 Å². The molecule has 84 valence electrons. The van der Waals surface area contributed by atoms with Crippen molar-refractivity contribution in [2.24, 2.45) is 17.3 Å². The molecule has 2 rings (SSSR count). The standard InChI is InChI=1S/C14H22O/c1-9-8-14(4)7-5-6-12(15)13(14)11(3)10(9)2/h11,13H,5-8H2,1-4H3/t11-,13+,14+/m1/s1. The lowest BCUT2D eigenvalue weighted by molar-refractivity contribution is -0.132. The molecular weight excluding hydrogens is 184 g/mol. The molecule has 0 aromatic heterocycles. The molecule has 1 heteroatoms. The summed E-state index contributed by atoms with van der Waals surface area (Å²) in [7, 11) is 0. The highest BCUT2D eigenvalue weighted by Gasteiger charge is 2.47. The molecule has 0 amide bonds. The highest BCUT2D eigenvalue weighted by molar-refractivity contribution is 5.83. The zero-order chi connectivity index (χ0) is 11.2. The summed E-state index contributed by atoms with van der Waals surface area (Å²) in [6.07, 6.45) is 4.29. The molecule has 2 aliphatic carbocycles. The third-order valence-electron chi connectivity index (χ3n) is 4.79. The Morgan fingerprint density at radius 1 is 1.33 bits per heavy atom. The van der Waals surface area contributed by atoms with Gasteiger partial charge in [-0.1, -0.05) is 25.0 Å². The average molecular weight is 206 g/mol. The number of fused-ring (bicyclic) bond motifs is 1. The van der Waals surface area contributed by atoms with Crippen molar-refractivity contribution in [3.05, 3.63) is 11.1 Å². The van der Waals surface area contributed by atoms with Gasteiger partial charge in [0.1, 0.15) is 5.78 Å². The number of Topliss-reactive ketones (excluding diaryl/α,β-unsaturated/α-hetero) is 1. The second-order valence-electron chi connectivity index (χ2n) is 5.88. The lowest BCUT2D eigenvalue weighted by Gasteiger charge is -2.48. The molecule has 15 heavy (non-hydrogen) atoms. The average Bonchev–Trinajstić information content (AvgIpc) is 2.13. The Labute approximate surface area is 92.9 Å². The van der Waals surface area contributed by atoms with Gasteiger partial charge in [-0.15, -0.1) is 0 Å². The van der Waals surface area contributed by atoms with E-state index in [1.807, 2.05) is 0 Å². The molecule has 1 fully saturated rings. The molecular formula is C14H22O. The molecule has 0 aromatic carbocycles. The predicted octanol–water partition coefficient (Wildman–Crippen LogP) is 3.74. The van der Waals surface area contributed by atoms with Gasteiger partial charge in [0.05, 0.1) is 0 Å². The molecule has 0 radical (unpaired) electrons. The van der Waals surface area contributed by atoms with E-state index in [0.29, 0.717) is 17.6 Å². The van der Waals surface area contributed by atoms with Crippen molar-refractivity contribution in [1.82, 2.24) is 0 Å². The van der Waals surface area contributed by atoms with Crippen LogP contribution in [0.15, 0.2) is 11.1 Å². The van der Waals surface area contributed by atoms with Crippen LogP contribution in [0.1, 0.15) is 53.4 Å². The highest BCUT2D eigenvalue weighted by Crippen LogP contribution is 2.52. The van der Waals surface area contributed by atoms with Crippen molar-refractivity contribution in [2.75, 3.05) is 0 Å². The van der Waals surface area contributed by atoms with Gasteiger partial charge in [0.2, 0.25) is 0 Å². The Morgan fingerprint density at radius 3 is 2.67 bits per heavy atom. The summed E-state index contributed by atoms with van der Waals surface area (Å²) in [5.41, 5.74) is 3.25. The maximum absolute atomic E-state index is 12.1. The van der Waals surface area contributed by atoms with Crippen LogP contribution in [0.2, 0.25) is 0 Å². The molecule has 0 spiro atoms. The fourth-order valence-electron chi connectivity index (χ4n) is 3.83. The minimum absolute atomic E-state index is 0.262. The van der Waals surface area contributed by atoms with E-state index >= 15 is 0 Å². The lowest BCUT2D eigenvalue weighted by atomic mass is 9.55. The first-order valence-corrected chi connectivity index (χ1v) is 6.15. The van der Waals surface area contributed by atoms with Gasteiger partial charge in [0.15, 0.2) is 0 Å². The summed E-state index contributed by atoms with van der Waals surface area (Å²) in [5, 5.41) is 0. The van der Waals surface area contributed by atoms with E-state index in [2.05, 4.69) is 27.7 Å². The van der Waals surface area contributed by atoms with E-state index in [-0.39, 0.29) is 5.41 Å². The van der Waals surface area contributed by atoms with E-state index in [9.17, 15) is 4.79 Å². The number of ketones is 1. The zero-order valence-corrected chi connectivity index (χ0v) is 10.4. The van der Waals surface area contributed by atoms with Gasteiger partial charge in [-0.25, -0.2) is 0 Å². The Kier molecular flexibility index (Phi) is 2.52. The van der Waals surface area contributed by atoms with Crippen LogP contribution in [-0.2, 0) is 4.79 Å². The molecule has 0 saturated heterocycles. The van der Waals surface area contributed by atoms with Gasteiger partial charge in [-0.05, 0) is 44.4 Å². The minimum Gasteiger partial charge on any atom is -0.299 e. The second-order valence-corrected chi connectivity index (χ2v) is 5.88. The predicted molar refractivity (Wildman–Crippen MR) is 62.6 cm³/mol. The number of carbonyl (C=O) groups is 1. The SMILES string of the molecule is CC1=C(C)[C@@H](C)[C@H]2C(=O)CCC[C@@]2(C)C1. The van der Waals surface area contributed by atoms with Crippen LogP contribution in [-0.4, -0.2) is 5.78 Å².